The van der Waals surface area contributed by atoms with Crippen molar-refractivity contribution in [3.63, 3.8) is 0 Å². The predicted molar refractivity (Wildman–Crippen MR) is 87.7 cm³/mol. The van der Waals surface area contributed by atoms with Crippen LogP contribution in [0.2, 0.25) is 0 Å². The van der Waals surface area contributed by atoms with E-state index >= 15 is 0 Å². The van der Waals surface area contributed by atoms with E-state index in [1.165, 1.54) is 18.4 Å². The third-order valence-corrected chi connectivity index (χ3v) is 8.02. The van der Waals surface area contributed by atoms with Crippen LogP contribution in [0.4, 0.5) is 0 Å². The molecule has 1 aromatic heterocycles. The molecule has 0 saturated heterocycles. The topological polar surface area (TPSA) is 53.6 Å². The Labute approximate surface area is 137 Å². The number of fused-ring (bicyclic) bond motifs is 5. The van der Waals surface area contributed by atoms with Crippen molar-refractivity contribution in [1.29, 1.82) is 0 Å². The predicted octanol–water partition coefficient (Wildman–Crippen LogP) is 3.72. The first kappa shape index (κ1) is 14.3. The van der Waals surface area contributed by atoms with E-state index in [0.29, 0.717) is 17.8 Å². The van der Waals surface area contributed by atoms with Crippen LogP contribution >= 0.6 is 0 Å². The minimum Gasteiger partial charge on any atom is -0.465 e. The fourth-order valence-corrected chi connectivity index (χ4v) is 7.06. The van der Waals surface area contributed by atoms with Gasteiger partial charge in [-0.2, -0.15) is 0 Å². The van der Waals surface area contributed by atoms with E-state index in [9.17, 15) is 10.2 Å². The number of hydrogen-bond donors (Lipinski definition) is 2. The lowest BCUT2D eigenvalue weighted by Gasteiger charge is -2.58. The van der Waals surface area contributed by atoms with E-state index in [4.69, 9.17) is 4.42 Å². The van der Waals surface area contributed by atoms with Gasteiger partial charge in [0.2, 0.25) is 0 Å². The molecule has 6 atom stereocenters. The molecule has 1 heterocycles. The first-order valence-corrected chi connectivity index (χ1v) is 9.11. The number of furan rings is 1. The maximum Gasteiger partial charge on any atom is 0.129 e. The van der Waals surface area contributed by atoms with Gasteiger partial charge in [0.25, 0.3) is 0 Å². The summed E-state index contributed by atoms with van der Waals surface area (Å²) >= 11 is 0. The van der Waals surface area contributed by atoms with E-state index in [-0.39, 0.29) is 17.4 Å². The maximum atomic E-state index is 10.9. The minimum absolute atomic E-state index is 0.0754. The molecule has 2 N–H and O–H groups in total. The van der Waals surface area contributed by atoms with Crippen LogP contribution in [0.1, 0.15) is 62.7 Å². The average Bonchev–Trinajstić information content (AvgIpc) is 3.09. The molecule has 0 aliphatic heterocycles. The fourth-order valence-electron chi connectivity index (χ4n) is 7.06. The summed E-state index contributed by atoms with van der Waals surface area (Å²) in [6, 6.07) is 2.16. The molecular weight excluding hydrogens is 288 g/mol. The molecule has 124 valence electrons. The smallest absolute Gasteiger partial charge is 0.129 e. The summed E-state index contributed by atoms with van der Waals surface area (Å²) in [5.74, 6) is 2.47. The molecule has 2 bridgehead atoms. The second-order valence-corrected chi connectivity index (χ2v) is 8.86. The molecule has 23 heavy (non-hydrogen) atoms. The van der Waals surface area contributed by atoms with Crippen LogP contribution < -0.4 is 0 Å². The maximum absolute atomic E-state index is 10.9. The van der Waals surface area contributed by atoms with Crippen LogP contribution in [0.5, 0.6) is 0 Å². The van der Waals surface area contributed by atoms with Gasteiger partial charge in [-0.25, -0.2) is 0 Å². The third-order valence-electron chi connectivity index (χ3n) is 8.02. The largest absolute Gasteiger partial charge is 0.465 e. The summed E-state index contributed by atoms with van der Waals surface area (Å²) in [5.41, 5.74) is 0.914. The minimum atomic E-state index is -0.836. The van der Waals surface area contributed by atoms with Crippen molar-refractivity contribution in [2.24, 2.45) is 22.7 Å². The molecule has 1 spiro atoms. The summed E-state index contributed by atoms with van der Waals surface area (Å²) < 4.78 is 5.64. The van der Waals surface area contributed by atoms with Crippen molar-refractivity contribution in [2.75, 3.05) is 6.61 Å². The molecule has 4 aliphatic carbocycles. The normalized spacial score (nSPS) is 50.3. The van der Waals surface area contributed by atoms with Crippen molar-refractivity contribution in [1.82, 2.24) is 0 Å². The zero-order chi connectivity index (χ0) is 15.9. The zero-order valence-corrected chi connectivity index (χ0v) is 13.8. The standard InChI is InChI=1S/C20H26O3/c1-18-7-5-16-14(6-9-23-16)15(18)4-8-19-10-13(2-3-17(18)19)20(22,11-19)12-21/h5-7,9,13,15,17,21-22H,2-4,8,10-12H2,1H3/t13-,15+,17-,18+,19-,20+/m0/s1. The van der Waals surface area contributed by atoms with Gasteiger partial charge < -0.3 is 14.6 Å². The summed E-state index contributed by atoms with van der Waals surface area (Å²) in [6.07, 6.45) is 12.9. The Morgan fingerprint density at radius 1 is 1.30 bits per heavy atom. The average molecular weight is 314 g/mol. The van der Waals surface area contributed by atoms with Crippen LogP contribution in [0.25, 0.3) is 6.08 Å². The lowest BCUT2D eigenvalue weighted by molar-refractivity contribution is -0.0517. The van der Waals surface area contributed by atoms with Crippen molar-refractivity contribution in [3.05, 3.63) is 29.7 Å². The molecule has 5 rings (SSSR count). The Hall–Kier alpha value is -1.06. The molecule has 3 saturated carbocycles. The Morgan fingerprint density at radius 2 is 2.17 bits per heavy atom. The fraction of sp³-hybridized carbons (Fsp3) is 0.700. The van der Waals surface area contributed by atoms with Gasteiger partial charge >= 0.3 is 0 Å². The summed E-state index contributed by atoms with van der Waals surface area (Å²) in [7, 11) is 0. The van der Waals surface area contributed by atoms with Gasteiger partial charge in [0.05, 0.1) is 18.5 Å². The molecule has 1 aromatic rings. The van der Waals surface area contributed by atoms with Gasteiger partial charge in [-0.05, 0) is 79.3 Å². The van der Waals surface area contributed by atoms with Crippen LogP contribution in [0.15, 0.2) is 22.8 Å². The van der Waals surface area contributed by atoms with Gasteiger partial charge in [-0.3, -0.25) is 0 Å². The van der Waals surface area contributed by atoms with Crippen LogP contribution in [0, 0.1) is 22.7 Å². The highest BCUT2D eigenvalue weighted by atomic mass is 16.3. The molecule has 0 aromatic carbocycles. The second kappa shape index (κ2) is 4.31. The Balaban J connectivity index is 1.58. The molecule has 0 unspecified atom stereocenters. The molecule has 4 aliphatic rings. The summed E-state index contributed by atoms with van der Waals surface area (Å²) in [6.45, 7) is 2.35. The first-order chi connectivity index (χ1) is 11.0. The molecule has 0 amide bonds. The van der Waals surface area contributed by atoms with Crippen molar-refractivity contribution < 1.29 is 14.6 Å². The summed E-state index contributed by atoms with van der Waals surface area (Å²) in [5, 5.41) is 20.7. The lowest BCUT2D eigenvalue weighted by atomic mass is 9.46. The second-order valence-electron chi connectivity index (χ2n) is 8.86. The molecule has 3 nitrogen and oxygen atoms in total. The van der Waals surface area contributed by atoms with Gasteiger partial charge in [0.1, 0.15) is 5.76 Å². The molecule has 3 fully saturated rings. The van der Waals surface area contributed by atoms with E-state index in [0.717, 1.165) is 31.4 Å². The summed E-state index contributed by atoms with van der Waals surface area (Å²) in [4.78, 5) is 0. The first-order valence-electron chi connectivity index (χ1n) is 9.11. The number of aliphatic hydroxyl groups excluding tert-OH is 1. The molecular formula is C20H26O3. The highest BCUT2D eigenvalue weighted by Crippen LogP contribution is 2.71. The van der Waals surface area contributed by atoms with E-state index < -0.39 is 5.60 Å². The van der Waals surface area contributed by atoms with Gasteiger partial charge in [0, 0.05) is 5.56 Å². The van der Waals surface area contributed by atoms with Gasteiger partial charge in [-0.1, -0.05) is 13.0 Å². The number of rotatable bonds is 1. The molecule has 0 radical (unpaired) electrons. The lowest BCUT2D eigenvalue weighted by Crippen LogP contribution is -2.49. The molecule has 3 heteroatoms. The quantitative estimate of drug-likeness (QED) is 0.830. The SMILES string of the molecule is C[C@@]12C=Cc3occc3[C@H]1CC[C@@]13C[C@H](CC[C@H]12)[C@](O)(CO)C3. The number of hydrogen-bond acceptors (Lipinski definition) is 3. The van der Waals surface area contributed by atoms with Crippen molar-refractivity contribution in [3.8, 4) is 0 Å². The Morgan fingerprint density at radius 3 is 3.00 bits per heavy atom. The van der Waals surface area contributed by atoms with E-state index in [1.54, 1.807) is 0 Å². The highest BCUT2D eigenvalue weighted by molar-refractivity contribution is 5.55. The van der Waals surface area contributed by atoms with Gasteiger partial charge in [0.15, 0.2) is 0 Å². The van der Waals surface area contributed by atoms with Crippen LogP contribution in [-0.2, 0) is 0 Å². The van der Waals surface area contributed by atoms with E-state index in [2.05, 4.69) is 25.1 Å². The van der Waals surface area contributed by atoms with Crippen molar-refractivity contribution in [2.45, 2.75) is 57.0 Å². The van der Waals surface area contributed by atoms with E-state index in [1.807, 2.05) is 6.26 Å². The van der Waals surface area contributed by atoms with Crippen molar-refractivity contribution >= 4 is 6.08 Å². The van der Waals surface area contributed by atoms with Crippen LogP contribution in [-0.4, -0.2) is 22.4 Å². The Bertz CT molecular complexity index is 676. The number of allylic oxidation sites excluding steroid dienone is 1. The highest BCUT2D eigenvalue weighted by Gasteiger charge is 2.65. The zero-order valence-electron chi connectivity index (χ0n) is 13.8. The number of aliphatic hydroxyl groups is 2. The van der Waals surface area contributed by atoms with Gasteiger partial charge in [-0.15, -0.1) is 0 Å². The van der Waals surface area contributed by atoms with Crippen LogP contribution in [0.3, 0.4) is 0 Å². The Kier molecular flexibility index (Phi) is 2.68. The third kappa shape index (κ3) is 1.63. The monoisotopic (exact) mass is 314 g/mol.